The lowest BCUT2D eigenvalue weighted by Gasteiger charge is -2.71. The Bertz CT molecular complexity index is 930. The zero-order valence-corrected chi connectivity index (χ0v) is 21.5. The van der Waals surface area contributed by atoms with E-state index in [-0.39, 0.29) is 33.5 Å². The number of aliphatic hydroxyl groups is 1. The van der Waals surface area contributed by atoms with Gasteiger partial charge in [-0.2, -0.15) is 5.26 Å². The standard InChI is InChI=1S/C29H43NO3/c1-26(2)21-12-14-29(5)22(27(21,3)15-18(16-30)24(26)31)10-9-20-23-17(11-13-28(20,29)4)7-8-19(23)25(32)33-6/h17,19-23,31H,7-15H2,1-6H3/t17?,19?,20?,21?,22?,23?,27-,28+,29+/m0/s1. The fourth-order valence-corrected chi connectivity index (χ4v) is 10.9. The van der Waals surface area contributed by atoms with E-state index in [1.54, 1.807) is 7.11 Å². The Kier molecular flexibility index (Phi) is 5.11. The van der Waals surface area contributed by atoms with Crippen LogP contribution in [0.25, 0.3) is 0 Å². The first-order valence-electron chi connectivity index (χ1n) is 13.4. The molecule has 0 radical (unpaired) electrons. The number of ether oxygens (including phenoxy) is 1. The van der Waals surface area contributed by atoms with Crippen molar-refractivity contribution in [2.75, 3.05) is 7.11 Å². The van der Waals surface area contributed by atoms with Crippen molar-refractivity contribution in [2.24, 2.45) is 57.2 Å². The van der Waals surface area contributed by atoms with Crippen LogP contribution in [0.15, 0.2) is 11.3 Å². The van der Waals surface area contributed by atoms with Crippen molar-refractivity contribution in [3.05, 3.63) is 11.3 Å². The van der Waals surface area contributed by atoms with Crippen LogP contribution in [0.4, 0.5) is 0 Å². The summed E-state index contributed by atoms with van der Waals surface area (Å²) in [6.07, 6.45) is 10.0. The molecule has 5 aliphatic carbocycles. The Morgan fingerprint density at radius 3 is 2.33 bits per heavy atom. The lowest BCUT2D eigenvalue weighted by atomic mass is 9.33. The predicted molar refractivity (Wildman–Crippen MR) is 128 cm³/mol. The summed E-state index contributed by atoms with van der Waals surface area (Å²) in [7, 11) is 1.55. The zero-order valence-electron chi connectivity index (χ0n) is 21.5. The predicted octanol–water partition coefficient (Wildman–Crippen LogP) is 6.82. The van der Waals surface area contributed by atoms with Gasteiger partial charge >= 0.3 is 5.97 Å². The van der Waals surface area contributed by atoms with Crippen molar-refractivity contribution in [1.82, 2.24) is 0 Å². The van der Waals surface area contributed by atoms with Gasteiger partial charge in [-0.15, -0.1) is 0 Å². The maximum absolute atomic E-state index is 12.7. The number of methoxy groups -OCH3 is 1. The number of hydrogen-bond acceptors (Lipinski definition) is 4. The second-order valence-electron chi connectivity index (χ2n) is 13.6. The molecule has 4 nitrogen and oxygen atoms in total. The van der Waals surface area contributed by atoms with E-state index in [9.17, 15) is 15.2 Å². The Balaban J connectivity index is 1.55. The molecule has 5 aliphatic rings. The van der Waals surface area contributed by atoms with Crippen molar-refractivity contribution in [1.29, 1.82) is 5.26 Å². The van der Waals surface area contributed by atoms with Crippen molar-refractivity contribution in [2.45, 2.75) is 92.4 Å². The van der Waals surface area contributed by atoms with Gasteiger partial charge in [0, 0.05) is 5.41 Å². The van der Waals surface area contributed by atoms with Gasteiger partial charge in [0.1, 0.15) is 5.76 Å². The molecule has 0 spiro atoms. The number of nitriles is 1. The Morgan fingerprint density at radius 2 is 1.67 bits per heavy atom. The van der Waals surface area contributed by atoms with Crippen LogP contribution in [0.1, 0.15) is 92.4 Å². The molecule has 0 aromatic rings. The van der Waals surface area contributed by atoms with Crippen LogP contribution in [0.2, 0.25) is 0 Å². The highest BCUT2D eigenvalue weighted by molar-refractivity contribution is 5.73. The molecule has 0 aromatic carbocycles. The van der Waals surface area contributed by atoms with Gasteiger partial charge in [0.2, 0.25) is 0 Å². The highest BCUT2D eigenvalue weighted by Crippen LogP contribution is 2.76. The minimum absolute atomic E-state index is 0.0167. The summed E-state index contributed by atoms with van der Waals surface area (Å²) in [6.45, 7) is 11.9. The number of fused-ring (bicyclic) bond motifs is 7. The maximum atomic E-state index is 12.7. The van der Waals surface area contributed by atoms with E-state index in [1.165, 1.54) is 38.5 Å². The lowest BCUT2D eigenvalue weighted by molar-refractivity contribution is -0.222. The van der Waals surface area contributed by atoms with E-state index in [0.29, 0.717) is 47.3 Å². The van der Waals surface area contributed by atoms with Crippen molar-refractivity contribution >= 4 is 5.97 Å². The number of allylic oxidation sites excluding steroid dienone is 2. The van der Waals surface area contributed by atoms with E-state index in [1.807, 2.05) is 0 Å². The number of esters is 1. The number of rotatable bonds is 1. The molecule has 182 valence electrons. The molecule has 6 unspecified atom stereocenters. The lowest BCUT2D eigenvalue weighted by Crippen LogP contribution is -2.64. The highest BCUT2D eigenvalue weighted by Gasteiger charge is 2.69. The largest absolute Gasteiger partial charge is 0.511 e. The van der Waals surface area contributed by atoms with E-state index in [2.05, 4.69) is 40.7 Å². The van der Waals surface area contributed by atoms with Gasteiger partial charge in [-0.1, -0.05) is 34.6 Å². The van der Waals surface area contributed by atoms with Crippen molar-refractivity contribution < 1.29 is 14.6 Å². The maximum Gasteiger partial charge on any atom is 0.308 e. The van der Waals surface area contributed by atoms with Gasteiger partial charge < -0.3 is 9.84 Å². The second kappa shape index (κ2) is 7.25. The van der Waals surface area contributed by atoms with Gasteiger partial charge in [-0.05, 0) is 104 Å². The third-order valence-corrected chi connectivity index (χ3v) is 12.5. The molecule has 0 bridgehead atoms. The molecule has 0 heterocycles. The van der Waals surface area contributed by atoms with Crippen LogP contribution in [-0.4, -0.2) is 18.2 Å². The summed E-state index contributed by atoms with van der Waals surface area (Å²) >= 11 is 0. The van der Waals surface area contributed by atoms with E-state index in [0.717, 1.165) is 12.8 Å². The summed E-state index contributed by atoms with van der Waals surface area (Å²) in [5.74, 6) is 3.10. The fraction of sp³-hybridized carbons (Fsp3) is 0.862. The van der Waals surface area contributed by atoms with Gasteiger partial charge in [-0.25, -0.2) is 0 Å². The number of aliphatic hydroxyl groups excluding tert-OH is 1. The minimum atomic E-state index is -0.351. The zero-order chi connectivity index (χ0) is 24.0. The highest BCUT2D eigenvalue weighted by atomic mass is 16.5. The summed E-state index contributed by atoms with van der Waals surface area (Å²) < 4.78 is 5.27. The van der Waals surface area contributed by atoms with Crippen molar-refractivity contribution in [3.63, 3.8) is 0 Å². The van der Waals surface area contributed by atoms with Gasteiger partial charge in [0.25, 0.3) is 0 Å². The van der Waals surface area contributed by atoms with Crippen LogP contribution in [-0.2, 0) is 9.53 Å². The van der Waals surface area contributed by atoms with E-state index in [4.69, 9.17) is 4.74 Å². The number of nitrogens with zero attached hydrogens (tertiary/aromatic N) is 1. The van der Waals surface area contributed by atoms with Crippen LogP contribution in [0.5, 0.6) is 0 Å². The number of carbonyl (C=O) groups is 1. The average molecular weight is 454 g/mol. The van der Waals surface area contributed by atoms with Gasteiger partial charge in [0.15, 0.2) is 0 Å². The molecule has 33 heavy (non-hydrogen) atoms. The molecule has 0 saturated heterocycles. The topological polar surface area (TPSA) is 70.3 Å². The molecule has 0 amide bonds. The van der Waals surface area contributed by atoms with Crippen LogP contribution >= 0.6 is 0 Å². The van der Waals surface area contributed by atoms with Gasteiger partial charge in [0.05, 0.1) is 24.7 Å². The van der Waals surface area contributed by atoms with E-state index >= 15 is 0 Å². The average Bonchev–Trinajstić information content (AvgIpc) is 3.20. The summed E-state index contributed by atoms with van der Waals surface area (Å²) in [5.41, 5.74) is 0.688. The Morgan fingerprint density at radius 1 is 0.970 bits per heavy atom. The molecule has 0 aliphatic heterocycles. The first-order chi connectivity index (χ1) is 15.5. The summed E-state index contributed by atoms with van der Waals surface area (Å²) in [5, 5.41) is 20.9. The van der Waals surface area contributed by atoms with Crippen LogP contribution < -0.4 is 0 Å². The number of carbonyl (C=O) groups excluding carboxylic acids is 1. The SMILES string of the molecule is COC(=O)C1CCC2CC[C@]3(C)C(CCC4[C@@]5(C)CC(C#N)=C(O)C(C)(C)C5CC[C@]43C)C21. The normalized spacial score (nSPS) is 50.3. The van der Waals surface area contributed by atoms with E-state index < -0.39 is 0 Å². The van der Waals surface area contributed by atoms with Gasteiger partial charge in [-0.3, -0.25) is 4.79 Å². The third-order valence-electron chi connectivity index (χ3n) is 12.5. The molecule has 0 aromatic heterocycles. The quantitative estimate of drug-likeness (QED) is 0.442. The molecule has 1 N–H and O–H groups in total. The molecule has 4 saturated carbocycles. The van der Waals surface area contributed by atoms with Crippen molar-refractivity contribution in [3.8, 4) is 6.07 Å². The molecule has 4 heteroatoms. The third kappa shape index (κ3) is 2.77. The molecule has 5 rings (SSSR count). The first kappa shape index (κ1) is 23.3. The molecular formula is C29H43NO3. The summed E-state index contributed by atoms with van der Waals surface area (Å²) in [6, 6.07) is 2.37. The minimum Gasteiger partial charge on any atom is -0.511 e. The molecular weight excluding hydrogens is 410 g/mol. The monoisotopic (exact) mass is 453 g/mol. The Labute approximate surface area is 200 Å². The fourth-order valence-electron chi connectivity index (χ4n) is 10.9. The summed E-state index contributed by atoms with van der Waals surface area (Å²) in [4.78, 5) is 12.7. The smallest absolute Gasteiger partial charge is 0.308 e. The first-order valence-corrected chi connectivity index (χ1v) is 13.4. The van der Waals surface area contributed by atoms with Crippen LogP contribution in [0.3, 0.4) is 0 Å². The molecule has 9 atom stereocenters. The second-order valence-corrected chi connectivity index (χ2v) is 13.6. The molecule has 4 fully saturated rings. The van der Waals surface area contributed by atoms with Crippen LogP contribution in [0, 0.1) is 68.5 Å². The Hall–Kier alpha value is -1.50. The number of hydrogen-bond donors (Lipinski definition) is 1.